The van der Waals surface area contributed by atoms with Crippen LogP contribution < -0.4 is 4.90 Å². The smallest absolute Gasteiger partial charge is 0.162 e. The summed E-state index contributed by atoms with van der Waals surface area (Å²) in [7, 11) is 2.15. The summed E-state index contributed by atoms with van der Waals surface area (Å²) in [6.07, 6.45) is 1.13. The van der Waals surface area contributed by atoms with Crippen LogP contribution in [0.3, 0.4) is 0 Å². The zero-order valence-electron chi connectivity index (χ0n) is 11.3. The molecule has 0 atom stereocenters. The Hall–Kier alpha value is -1.10. The number of hydrogen-bond acceptors (Lipinski definition) is 4. The molecular weight excluding hydrogens is 295 g/mol. The van der Waals surface area contributed by atoms with Gasteiger partial charge in [-0.25, -0.2) is 9.97 Å². The first kappa shape index (κ1) is 13.9. The molecular formula is C14H16Cl2N4. The van der Waals surface area contributed by atoms with Gasteiger partial charge in [0, 0.05) is 25.0 Å². The van der Waals surface area contributed by atoms with E-state index in [2.05, 4.69) is 32.9 Å². The molecule has 0 saturated carbocycles. The van der Waals surface area contributed by atoms with Crippen LogP contribution in [0, 0.1) is 0 Å². The molecule has 2 aromatic rings. The van der Waals surface area contributed by atoms with Crippen LogP contribution in [0.25, 0.3) is 11.0 Å². The van der Waals surface area contributed by atoms with Gasteiger partial charge in [-0.2, -0.15) is 0 Å². The Labute approximate surface area is 128 Å². The zero-order valence-corrected chi connectivity index (χ0v) is 12.8. The predicted molar refractivity (Wildman–Crippen MR) is 83.9 cm³/mol. The van der Waals surface area contributed by atoms with E-state index in [1.807, 2.05) is 6.07 Å². The van der Waals surface area contributed by atoms with Crippen molar-refractivity contribution in [3.05, 3.63) is 28.5 Å². The van der Waals surface area contributed by atoms with Crippen molar-refractivity contribution < 1.29 is 0 Å². The molecule has 1 aliphatic rings. The summed E-state index contributed by atoms with van der Waals surface area (Å²) in [5.74, 6) is 0. The highest BCUT2D eigenvalue weighted by Gasteiger charge is 2.16. The minimum absolute atomic E-state index is 0.435. The van der Waals surface area contributed by atoms with Crippen molar-refractivity contribution in [1.29, 1.82) is 0 Å². The van der Waals surface area contributed by atoms with Crippen LogP contribution in [0.5, 0.6) is 0 Å². The average molecular weight is 311 g/mol. The molecule has 20 heavy (non-hydrogen) atoms. The molecule has 0 N–H and O–H groups in total. The lowest BCUT2D eigenvalue weighted by molar-refractivity contribution is 0.360. The second-order valence-electron chi connectivity index (χ2n) is 5.12. The average Bonchev–Trinajstić information content (AvgIpc) is 2.63. The Morgan fingerprint density at radius 1 is 1.05 bits per heavy atom. The van der Waals surface area contributed by atoms with Gasteiger partial charge in [-0.1, -0.05) is 23.2 Å². The van der Waals surface area contributed by atoms with Crippen molar-refractivity contribution in [3.63, 3.8) is 0 Å². The maximum absolute atomic E-state index is 6.33. The predicted octanol–water partition coefficient (Wildman–Crippen LogP) is 3.08. The fourth-order valence-corrected chi connectivity index (χ4v) is 2.90. The number of nitrogens with zero attached hydrogens (tertiary/aromatic N) is 4. The number of pyridine rings is 2. The molecule has 0 bridgehead atoms. The summed E-state index contributed by atoms with van der Waals surface area (Å²) in [4.78, 5) is 13.2. The largest absolute Gasteiger partial charge is 0.368 e. The third-order valence-electron chi connectivity index (χ3n) is 3.64. The van der Waals surface area contributed by atoms with E-state index in [4.69, 9.17) is 23.2 Å². The van der Waals surface area contributed by atoms with Crippen LogP contribution in [-0.4, -0.2) is 48.1 Å². The summed E-state index contributed by atoms with van der Waals surface area (Å²) in [6, 6.07) is 5.76. The van der Waals surface area contributed by atoms with E-state index < -0.39 is 0 Å². The van der Waals surface area contributed by atoms with E-state index in [0.29, 0.717) is 16.0 Å². The van der Waals surface area contributed by atoms with Gasteiger partial charge < -0.3 is 9.80 Å². The molecule has 1 aliphatic heterocycles. The number of likely N-dealkylation sites (N-methyl/N-ethyl adjacent to an activating group) is 1. The Morgan fingerprint density at radius 2 is 1.90 bits per heavy atom. The lowest BCUT2D eigenvalue weighted by Crippen LogP contribution is -2.29. The summed E-state index contributed by atoms with van der Waals surface area (Å²) in [5, 5.41) is 1.90. The van der Waals surface area contributed by atoms with Gasteiger partial charge in [-0.05, 0) is 38.2 Å². The second-order valence-corrected chi connectivity index (χ2v) is 5.87. The van der Waals surface area contributed by atoms with Gasteiger partial charge in [0.2, 0.25) is 0 Å². The van der Waals surface area contributed by atoms with Crippen LogP contribution in [0.2, 0.25) is 10.3 Å². The minimum Gasteiger partial charge on any atom is -0.368 e. The highest BCUT2D eigenvalue weighted by atomic mass is 35.5. The first-order chi connectivity index (χ1) is 9.63. The Morgan fingerprint density at radius 3 is 2.75 bits per heavy atom. The second kappa shape index (κ2) is 5.72. The van der Waals surface area contributed by atoms with E-state index in [1.165, 1.54) is 0 Å². The van der Waals surface area contributed by atoms with Crippen molar-refractivity contribution in [1.82, 2.24) is 14.9 Å². The molecule has 2 aromatic heterocycles. The third kappa shape index (κ3) is 2.82. The summed E-state index contributed by atoms with van der Waals surface area (Å²) in [5.41, 5.74) is 1.58. The Kier molecular flexibility index (Phi) is 3.96. The number of halogens is 2. The number of aromatic nitrogens is 2. The molecule has 0 aliphatic carbocycles. The summed E-state index contributed by atoms with van der Waals surface area (Å²) >= 11 is 12.2. The molecule has 1 saturated heterocycles. The molecule has 0 aromatic carbocycles. The monoisotopic (exact) mass is 310 g/mol. The van der Waals surface area contributed by atoms with Gasteiger partial charge in [0.1, 0.15) is 5.15 Å². The van der Waals surface area contributed by atoms with Crippen molar-refractivity contribution >= 4 is 39.9 Å². The molecule has 0 radical (unpaired) electrons. The Balaban J connectivity index is 1.98. The van der Waals surface area contributed by atoms with Crippen LogP contribution in [-0.2, 0) is 0 Å². The van der Waals surface area contributed by atoms with Gasteiger partial charge >= 0.3 is 0 Å². The first-order valence-corrected chi connectivity index (χ1v) is 7.45. The van der Waals surface area contributed by atoms with Crippen LogP contribution in [0.4, 0.5) is 5.69 Å². The fraction of sp³-hybridized carbons (Fsp3) is 0.429. The van der Waals surface area contributed by atoms with E-state index in [-0.39, 0.29) is 0 Å². The van der Waals surface area contributed by atoms with E-state index in [9.17, 15) is 0 Å². The summed E-state index contributed by atoms with van der Waals surface area (Å²) < 4.78 is 0. The van der Waals surface area contributed by atoms with E-state index in [1.54, 1.807) is 6.07 Å². The van der Waals surface area contributed by atoms with Crippen molar-refractivity contribution in [2.24, 2.45) is 0 Å². The maximum atomic E-state index is 6.33. The molecule has 0 amide bonds. The van der Waals surface area contributed by atoms with Crippen LogP contribution in [0.15, 0.2) is 18.2 Å². The molecule has 1 fully saturated rings. The number of fused-ring (bicyclic) bond motifs is 1. The zero-order chi connectivity index (χ0) is 14.1. The SMILES string of the molecule is CN1CCCN(c2cc3ccc(Cl)nc3nc2Cl)CC1. The molecule has 4 nitrogen and oxygen atoms in total. The van der Waals surface area contributed by atoms with Gasteiger partial charge in [0.05, 0.1) is 5.69 Å². The number of hydrogen-bond donors (Lipinski definition) is 0. The standard InChI is InChI=1S/C14H16Cl2N4/c1-19-5-2-6-20(8-7-19)11-9-10-3-4-12(15)17-14(10)18-13(11)16/h3-4,9H,2,5-8H2,1H3. The minimum atomic E-state index is 0.435. The third-order valence-corrected chi connectivity index (χ3v) is 4.13. The highest BCUT2D eigenvalue weighted by Crippen LogP contribution is 2.29. The normalized spacial score (nSPS) is 17.4. The highest BCUT2D eigenvalue weighted by molar-refractivity contribution is 6.32. The van der Waals surface area contributed by atoms with Crippen molar-refractivity contribution in [2.75, 3.05) is 38.1 Å². The first-order valence-electron chi connectivity index (χ1n) is 6.70. The van der Waals surface area contributed by atoms with Gasteiger partial charge in [-0.15, -0.1) is 0 Å². The quantitative estimate of drug-likeness (QED) is 0.758. The van der Waals surface area contributed by atoms with Crippen molar-refractivity contribution in [3.8, 4) is 0 Å². The van der Waals surface area contributed by atoms with E-state index in [0.717, 1.165) is 43.7 Å². The fourth-order valence-electron chi connectivity index (χ4n) is 2.50. The van der Waals surface area contributed by atoms with Crippen LogP contribution >= 0.6 is 23.2 Å². The molecule has 3 rings (SSSR count). The summed E-state index contributed by atoms with van der Waals surface area (Å²) in [6.45, 7) is 4.11. The molecule has 0 unspecified atom stereocenters. The van der Waals surface area contributed by atoms with Gasteiger partial charge in [-0.3, -0.25) is 0 Å². The van der Waals surface area contributed by atoms with Gasteiger partial charge in [0.25, 0.3) is 0 Å². The van der Waals surface area contributed by atoms with Gasteiger partial charge in [0.15, 0.2) is 10.8 Å². The number of rotatable bonds is 1. The van der Waals surface area contributed by atoms with Crippen LogP contribution in [0.1, 0.15) is 6.42 Å². The molecule has 6 heteroatoms. The lowest BCUT2D eigenvalue weighted by Gasteiger charge is -2.23. The topological polar surface area (TPSA) is 32.3 Å². The number of anilines is 1. The Bertz CT molecular complexity index is 632. The van der Waals surface area contributed by atoms with E-state index >= 15 is 0 Å². The molecule has 0 spiro atoms. The molecule has 3 heterocycles. The van der Waals surface area contributed by atoms with Crippen molar-refractivity contribution in [2.45, 2.75) is 6.42 Å². The maximum Gasteiger partial charge on any atom is 0.162 e. The molecule has 106 valence electrons. The lowest BCUT2D eigenvalue weighted by atomic mass is 10.2.